The second-order valence-electron chi connectivity index (χ2n) is 19.9. The van der Waals surface area contributed by atoms with E-state index in [1.54, 1.807) is 18.2 Å². The van der Waals surface area contributed by atoms with Crippen LogP contribution in [0.2, 0.25) is 0 Å². The molecule has 0 atom stereocenters. The van der Waals surface area contributed by atoms with Crippen molar-refractivity contribution >= 4 is 63.0 Å². The van der Waals surface area contributed by atoms with E-state index in [9.17, 15) is 25.9 Å². The third-order valence-corrected chi connectivity index (χ3v) is 15.4. The number of hydrogen-bond donors (Lipinski definition) is 2. The van der Waals surface area contributed by atoms with Crippen LogP contribution in [-0.2, 0) is 67.1 Å². The fourth-order valence-corrected chi connectivity index (χ4v) is 10.5. The van der Waals surface area contributed by atoms with Crippen molar-refractivity contribution in [3.05, 3.63) is 297 Å². The fourth-order valence-electron chi connectivity index (χ4n) is 9.49. The Morgan fingerprint density at radius 1 is 0.304 bits per heavy atom. The molecule has 0 saturated heterocycles. The molecule has 11 rings (SSSR count). The highest BCUT2D eigenvalue weighted by Crippen LogP contribution is 2.45. The van der Waals surface area contributed by atoms with Crippen LogP contribution in [0.5, 0.6) is 23.0 Å². The van der Waals surface area contributed by atoms with E-state index in [2.05, 4.69) is 133 Å². The maximum atomic E-state index is 15.4. The molecule has 0 aliphatic rings. The Bertz CT molecular complexity index is 4810. The normalized spacial score (nSPS) is 11.1. The lowest BCUT2D eigenvalue weighted by atomic mass is 9.98. The van der Waals surface area contributed by atoms with Crippen LogP contribution in [-0.4, -0.2) is 51.2 Å². The minimum Gasteiger partial charge on any atom is -0.450 e. The van der Waals surface area contributed by atoms with Crippen molar-refractivity contribution in [1.82, 2.24) is 0 Å². The van der Waals surface area contributed by atoms with Crippen molar-refractivity contribution in [2.45, 2.75) is 35.5 Å². The zero-order valence-corrected chi connectivity index (χ0v) is 50.2. The first kappa shape index (κ1) is 68.0. The summed E-state index contributed by atoms with van der Waals surface area (Å²) in [7, 11) is -16.3. The van der Waals surface area contributed by atoms with Crippen molar-refractivity contribution < 1.29 is 95.8 Å². The molecule has 26 heteroatoms. The Labute approximate surface area is 522 Å². The predicted octanol–water partition coefficient (Wildman–Crippen LogP) is 14.9. The Morgan fingerprint density at radius 3 is 0.957 bits per heavy atom. The smallest absolute Gasteiger partial charge is 0.425 e. The molecule has 0 aliphatic heterocycles. The topological polar surface area (TPSA) is 230 Å². The number of halogens is 8. The predicted molar refractivity (Wildman–Crippen MR) is 322 cm³/mol. The molecule has 92 heavy (non-hydrogen) atoms. The van der Waals surface area contributed by atoms with Crippen LogP contribution in [0.25, 0.3) is 32.7 Å². The second kappa shape index (κ2) is 29.8. The van der Waals surface area contributed by atoms with E-state index in [0.717, 1.165) is 37.8 Å². The van der Waals surface area contributed by atoms with Gasteiger partial charge in [0.25, 0.3) is 20.2 Å². The van der Waals surface area contributed by atoms with E-state index in [-0.39, 0.29) is 11.1 Å². The second-order valence-corrected chi connectivity index (χ2v) is 23.6. The maximum absolute atomic E-state index is 15.4. The molecule has 11 aromatic rings. The number of ether oxygens (including phenoxy) is 2. The standard InChI is InChI=1S/C34H30.C32H14F8O8S2.2O3S/c1-3-7-27(8-4-1)23-29-11-15-31(16-12-29)25-33-19-21-34(22-20-33)26-32-17-13-30(14-18-32)24-28-9-5-2-6-10-28;33-23-21(24(34)28(38)31(27(23)37)47-19-7-3-5-13-4-1-2-6-17(13)19)22-25(35)29(39)32(30(40)26(22)36)48-20-12-16(50(44,45)46)11-14-10-15(49(41,42)43)8-9-18(14)20;2*1-4(2)3/h1-22H,23-26H2;1-12H,(H,41,42,43)(H,44,45,46);;. The molecule has 2 N–H and O–H groups in total. The molecule has 14 nitrogen and oxygen atoms in total. The zero-order chi connectivity index (χ0) is 66.6. The number of fused-ring (bicyclic) bond motifs is 2. The number of rotatable bonds is 15. The molecule has 0 aliphatic carbocycles. The van der Waals surface area contributed by atoms with Gasteiger partial charge in [0, 0.05) is 16.8 Å². The average Bonchev–Trinajstić information content (AvgIpc) is 0.748. The summed E-state index contributed by atoms with van der Waals surface area (Å²) >= 11 is 0. The van der Waals surface area contributed by atoms with Crippen molar-refractivity contribution in [2.75, 3.05) is 0 Å². The third-order valence-electron chi connectivity index (χ3n) is 13.7. The molecule has 0 heterocycles. The van der Waals surface area contributed by atoms with Gasteiger partial charge in [-0.3, -0.25) is 9.11 Å². The van der Waals surface area contributed by atoms with Gasteiger partial charge >= 0.3 is 21.2 Å². The van der Waals surface area contributed by atoms with E-state index >= 15 is 35.1 Å². The molecule has 472 valence electrons. The Morgan fingerprint density at radius 2 is 0.598 bits per heavy atom. The molecule has 0 unspecified atom stereocenters. The lowest BCUT2D eigenvalue weighted by molar-refractivity contribution is 0.362. The minimum atomic E-state index is -5.18. The van der Waals surface area contributed by atoms with E-state index in [4.69, 9.17) is 34.7 Å². The van der Waals surface area contributed by atoms with Gasteiger partial charge in [-0.25, -0.2) is 17.6 Å². The first-order chi connectivity index (χ1) is 43.7. The van der Waals surface area contributed by atoms with Gasteiger partial charge in [0.05, 0.1) is 20.9 Å². The summed E-state index contributed by atoms with van der Waals surface area (Å²) in [5, 5.41) is -0.147. The van der Waals surface area contributed by atoms with Crippen molar-refractivity contribution in [3.8, 4) is 34.1 Å². The van der Waals surface area contributed by atoms with E-state index in [1.807, 2.05) is 0 Å². The van der Waals surface area contributed by atoms with Crippen molar-refractivity contribution in [1.29, 1.82) is 0 Å². The summed E-state index contributed by atoms with van der Waals surface area (Å²) in [6.45, 7) is 0. The van der Waals surface area contributed by atoms with E-state index < -0.39 is 137 Å². The summed E-state index contributed by atoms with van der Waals surface area (Å²) < 4.78 is 249. The van der Waals surface area contributed by atoms with Gasteiger partial charge in [0.2, 0.25) is 34.8 Å². The number of hydrogen-bond acceptors (Lipinski definition) is 12. The molecular weight excluding hydrogens is 1300 g/mol. The highest BCUT2D eigenvalue weighted by molar-refractivity contribution is 7.86. The number of benzene rings is 11. The summed E-state index contributed by atoms with van der Waals surface area (Å²) in [5.74, 6) is -25.0. The minimum absolute atomic E-state index is 0.240. The molecule has 0 radical (unpaired) electrons. The average molecular weight is 1340 g/mol. The van der Waals surface area contributed by atoms with Crippen molar-refractivity contribution in [2.24, 2.45) is 0 Å². The van der Waals surface area contributed by atoms with Crippen LogP contribution in [0.3, 0.4) is 0 Å². The van der Waals surface area contributed by atoms with E-state index in [0.29, 0.717) is 23.6 Å². The molecule has 0 saturated carbocycles. The SMILES string of the molecule is O=S(=O)(O)c1ccc2c(Oc3c(F)c(F)c(-c4c(F)c(F)c(Oc5cccc6ccccc56)c(F)c4F)c(F)c3F)cc(S(=O)(=O)O)cc2c1.O=S(=O)=O.O=S(=O)=O.c1ccc(Cc2ccc(Cc3ccc(Cc4ccc(Cc5ccccc5)cc4)cc3)cc2)cc1. The quantitative estimate of drug-likeness (QED) is 0.0553. The largest absolute Gasteiger partial charge is 0.450 e. The molecule has 0 amide bonds. The van der Waals surface area contributed by atoms with Crippen LogP contribution >= 0.6 is 0 Å². The molecule has 0 aromatic heterocycles. The van der Waals surface area contributed by atoms with Gasteiger partial charge in [-0.2, -0.15) is 34.4 Å². The Hall–Kier alpha value is -9.96. The van der Waals surface area contributed by atoms with E-state index in [1.165, 1.54) is 68.8 Å². The first-order valence-electron chi connectivity index (χ1n) is 26.6. The monoisotopic (exact) mass is 1340 g/mol. The highest BCUT2D eigenvalue weighted by atomic mass is 32.2. The van der Waals surface area contributed by atoms with Crippen LogP contribution in [0.15, 0.2) is 216 Å². The lowest BCUT2D eigenvalue weighted by Crippen LogP contribution is -2.09. The molecule has 11 aromatic carbocycles. The fraction of sp³-hybridized carbons (Fsp3) is 0.0606. The summed E-state index contributed by atoms with van der Waals surface area (Å²) in [6.07, 6.45) is 3.92. The molecule has 0 spiro atoms. The van der Waals surface area contributed by atoms with Crippen LogP contribution in [0.4, 0.5) is 35.1 Å². The molecule has 0 bridgehead atoms. The third kappa shape index (κ3) is 17.3. The summed E-state index contributed by atoms with van der Waals surface area (Å²) in [5.41, 5.74) is 6.42. The van der Waals surface area contributed by atoms with Gasteiger partial charge in [0.15, 0.2) is 23.3 Å². The summed E-state index contributed by atoms with van der Waals surface area (Å²) in [4.78, 5) is -1.91. The lowest BCUT2D eigenvalue weighted by Gasteiger charge is -2.17. The summed E-state index contributed by atoms with van der Waals surface area (Å²) in [6, 6.07) is 62.1. The van der Waals surface area contributed by atoms with Gasteiger partial charge in [0.1, 0.15) is 11.5 Å². The Kier molecular flexibility index (Phi) is 22.0. The Balaban J connectivity index is 0.000000224. The van der Waals surface area contributed by atoms with Crippen LogP contribution in [0, 0.1) is 46.5 Å². The van der Waals surface area contributed by atoms with Gasteiger partial charge in [-0.1, -0.05) is 170 Å². The maximum Gasteiger partial charge on any atom is 0.425 e. The van der Waals surface area contributed by atoms with Gasteiger partial charge in [-0.05, 0) is 111 Å². The molecular formula is C66H44F8O14S4. The van der Waals surface area contributed by atoms with Gasteiger partial charge in [-0.15, -0.1) is 25.3 Å². The zero-order valence-electron chi connectivity index (χ0n) is 46.9. The first-order valence-corrected chi connectivity index (χ1v) is 31.5. The highest BCUT2D eigenvalue weighted by Gasteiger charge is 2.36. The van der Waals surface area contributed by atoms with Crippen molar-refractivity contribution in [3.63, 3.8) is 0 Å². The van der Waals surface area contributed by atoms with Crippen LogP contribution in [0.1, 0.15) is 44.5 Å². The van der Waals surface area contributed by atoms with Crippen LogP contribution < -0.4 is 9.47 Å². The van der Waals surface area contributed by atoms with Gasteiger partial charge < -0.3 is 9.47 Å². The molecule has 0 fully saturated rings.